The Hall–Kier alpha value is -2.19. The van der Waals surface area contributed by atoms with Crippen molar-refractivity contribution in [1.29, 1.82) is 0 Å². The summed E-state index contributed by atoms with van der Waals surface area (Å²) in [6.07, 6.45) is 6.66. The fraction of sp³-hybridized carbons (Fsp3) is 0.611. The molecular weight excluding hydrogens is 330 g/mol. The van der Waals surface area contributed by atoms with E-state index in [-0.39, 0.29) is 6.10 Å². The first-order chi connectivity index (χ1) is 12.5. The number of hydrogen-bond acceptors (Lipinski definition) is 7. The Bertz CT molecular complexity index is 717. The van der Waals surface area contributed by atoms with Crippen molar-refractivity contribution in [1.82, 2.24) is 24.4 Å². The monoisotopic (exact) mass is 359 g/mol. The predicted octanol–water partition coefficient (Wildman–Crippen LogP) is 1.00. The molecule has 2 atom stereocenters. The minimum atomic E-state index is 0.240. The first-order valence-electron chi connectivity index (χ1n) is 8.91. The van der Waals surface area contributed by atoms with Gasteiger partial charge in [0.05, 0.1) is 12.6 Å². The Morgan fingerprint density at radius 3 is 2.69 bits per heavy atom. The summed E-state index contributed by atoms with van der Waals surface area (Å²) >= 11 is 0. The van der Waals surface area contributed by atoms with Crippen LogP contribution in [-0.2, 0) is 18.3 Å². The third kappa shape index (κ3) is 4.13. The second-order valence-corrected chi connectivity index (χ2v) is 7.21. The number of nitrogens with zero attached hydrogens (tertiary/aromatic N) is 7. The normalized spacial score (nSPS) is 20.2. The summed E-state index contributed by atoms with van der Waals surface area (Å²) in [6.45, 7) is 2.53. The highest BCUT2D eigenvalue weighted by molar-refractivity contribution is 5.51. The van der Waals surface area contributed by atoms with Gasteiger partial charge in [0.25, 0.3) is 0 Å². The Balaban J connectivity index is 1.78. The summed E-state index contributed by atoms with van der Waals surface area (Å²) in [7, 11) is 10.0. The fourth-order valence-electron chi connectivity index (χ4n) is 3.46. The van der Waals surface area contributed by atoms with Gasteiger partial charge >= 0.3 is 0 Å². The van der Waals surface area contributed by atoms with Crippen LogP contribution in [0, 0.1) is 0 Å². The van der Waals surface area contributed by atoms with Crippen molar-refractivity contribution in [2.45, 2.75) is 25.1 Å². The molecule has 8 heteroatoms. The molecule has 0 spiro atoms. The second kappa shape index (κ2) is 8.01. The molecule has 3 rings (SSSR count). The van der Waals surface area contributed by atoms with E-state index in [0.29, 0.717) is 12.6 Å². The zero-order chi connectivity index (χ0) is 18.7. The van der Waals surface area contributed by atoms with E-state index in [0.717, 1.165) is 37.0 Å². The first kappa shape index (κ1) is 18.6. The van der Waals surface area contributed by atoms with Gasteiger partial charge in [-0.05, 0) is 20.5 Å². The number of likely N-dealkylation sites (N-methyl/N-ethyl adjacent to an activating group) is 1. The molecule has 0 amide bonds. The minimum absolute atomic E-state index is 0.240. The van der Waals surface area contributed by atoms with Gasteiger partial charge in [-0.2, -0.15) is 0 Å². The van der Waals surface area contributed by atoms with Crippen LogP contribution in [0.5, 0.6) is 0 Å². The average molecular weight is 359 g/mol. The molecule has 1 aliphatic rings. The van der Waals surface area contributed by atoms with Gasteiger partial charge in [0.15, 0.2) is 0 Å². The smallest absolute Gasteiger partial charge is 0.134 e. The van der Waals surface area contributed by atoms with Crippen molar-refractivity contribution in [3.8, 4) is 0 Å². The van der Waals surface area contributed by atoms with Crippen molar-refractivity contribution in [2.24, 2.45) is 7.05 Å². The molecule has 3 heterocycles. The molecule has 1 fully saturated rings. The molecule has 0 aliphatic carbocycles. The largest absolute Gasteiger partial charge is 0.380 e. The zero-order valence-corrected chi connectivity index (χ0v) is 16.3. The van der Waals surface area contributed by atoms with Crippen LogP contribution in [0.3, 0.4) is 0 Å². The van der Waals surface area contributed by atoms with Crippen LogP contribution in [0.15, 0.2) is 24.8 Å². The highest BCUT2D eigenvalue weighted by atomic mass is 16.5. The van der Waals surface area contributed by atoms with E-state index >= 15 is 0 Å². The predicted molar refractivity (Wildman–Crippen MR) is 102 cm³/mol. The van der Waals surface area contributed by atoms with Crippen molar-refractivity contribution in [3.63, 3.8) is 0 Å². The van der Waals surface area contributed by atoms with E-state index in [4.69, 9.17) is 4.74 Å². The summed E-state index contributed by atoms with van der Waals surface area (Å²) in [6, 6.07) is 2.45. The summed E-state index contributed by atoms with van der Waals surface area (Å²) in [5.41, 5.74) is 0. The van der Waals surface area contributed by atoms with Gasteiger partial charge in [-0.3, -0.25) is 0 Å². The van der Waals surface area contributed by atoms with Gasteiger partial charge in [0, 0.05) is 58.8 Å². The number of aryl methyl sites for hydroxylation is 1. The quantitative estimate of drug-likeness (QED) is 0.731. The van der Waals surface area contributed by atoms with Crippen LogP contribution in [0.2, 0.25) is 0 Å². The van der Waals surface area contributed by atoms with E-state index in [9.17, 15) is 0 Å². The van der Waals surface area contributed by atoms with Crippen LogP contribution in [0.1, 0.15) is 12.2 Å². The third-order valence-electron chi connectivity index (χ3n) is 4.91. The maximum atomic E-state index is 5.61. The maximum Gasteiger partial charge on any atom is 0.134 e. The Morgan fingerprint density at radius 2 is 2.04 bits per heavy atom. The molecule has 0 N–H and O–H groups in total. The molecular formula is C18H29N7O. The van der Waals surface area contributed by atoms with Crippen LogP contribution in [-0.4, -0.2) is 77.9 Å². The van der Waals surface area contributed by atoms with E-state index < -0.39 is 0 Å². The molecule has 0 aromatic carbocycles. The number of rotatable bonds is 7. The van der Waals surface area contributed by atoms with Gasteiger partial charge in [-0.1, -0.05) is 0 Å². The molecule has 1 aliphatic heterocycles. The van der Waals surface area contributed by atoms with Crippen molar-refractivity contribution in [2.75, 3.05) is 51.1 Å². The Kier molecular flexibility index (Phi) is 5.73. The lowest BCUT2D eigenvalue weighted by Crippen LogP contribution is -2.38. The molecule has 0 bridgehead atoms. The highest BCUT2D eigenvalue weighted by Crippen LogP contribution is 2.27. The summed E-state index contributed by atoms with van der Waals surface area (Å²) in [5, 5.41) is 0. The van der Waals surface area contributed by atoms with Crippen LogP contribution >= 0.6 is 0 Å². The molecule has 2 aromatic rings. The topological polar surface area (TPSA) is 62.6 Å². The average Bonchev–Trinajstić information content (AvgIpc) is 3.21. The summed E-state index contributed by atoms with van der Waals surface area (Å²) < 4.78 is 7.63. The minimum Gasteiger partial charge on any atom is -0.380 e. The van der Waals surface area contributed by atoms with Crippen molar-refractivity contribution in [3.05, 3.63) is 30.6 Å². The van der Waals surface area contributed by atoms with Gasteiger partial charge in [0.2, 0.25) is 0 Å². The lowest BCUT2D eigenvalue weighted by molar-refractivity contribution is 0.117. The lowest BCUT2D eigenvalue weighted by atomic mass is 10.2. The lowest BCUT2D eigenvalue weighted by Gasteiger charge is -2.28. The summed E-state index contributed by atoms with van der Waals surface area (Å²) in [4.78, 5) is 20.0. The van der Waals surface area contributed by atoms with Gasteiger partial charge in [0.1, 0.15) is 23.8 Å². The van der Waals surface area contributed by atoms with Crippen LogP contribution < -0.4 is 9.80 Å². The van der Waals surface area contributed by atoms with Crippen LogP contribution in [0.4, 0.5) is 11.6 Å². The van der Waals surface area contributed by atoms with E-state index in [1.807, 2.05) is 31.1 Å². The zero-order valence-electron chi connectivity index (χ0n) is 16.3. The van der Waals surface area contributed by atoms with Gasteiger partial charge < -0.3 is 24.0 Å². The standard InChI is InChI=1S/C18H29N7O/c1-22(2)10-14-8-15(26-5)11-25(14)17-9-16(20-13-21-17)24(4)12-18-19-6-7-23(18)3/h6-7,9,13-15H,8,10-12H2,1-5H3/t14-,15-/m0/s1. The molecule has 0 radical (unpaired) electrons. The maximum absolute atomic E-state index is 5.61. The van der Waals surface area contributed by atoms with E-state index in [2.05, 4.69) is 49.8 Å². The number of hydrogen-bond donors (Lipinski definition) is 0. The third-order valence-corrected chi connectivity index (χ3v) is 4.91. The number of anilines is 2. The molecule has 0 saturated carbocycles. The number of aromatic nitrogens is 4. The second-order valence-electron chi connectivity index (χ2n) is 7.21. The molecule has 0 unspecified atom stereocenters. The van der Waals surface area contributed by atoms with E-state index in [1.165, 1.54) is 0 Å². The van der Waals surface area contributed by atoms with Gasteiger partial charge in [-0.15, -0.1) is 0 Å². The Labute approximate surface area is 155 Å². The number of ether oxygens (including phenoxy) is 1. The van der Waals surface area contributed by atoms with Crippen molar-refractivity contribution >= 4 is 11.6 Å². The highest BCUT2D eigenvalue weighted by Gasteiger charge is 2.33. The molecule has 142 valence electrons. The molecule has 26 heavy (non-hydrogen) atoms. The SMILES string of the molecule is CO[C@H]1C[C@@H](CN(C)C)N(c2cc(N(C)Cc3nccn3C)ncn2)C1. The van der Waals surface area contributed by atoms with Gasteiger partial charge in [-0.25, -0.2) is 15.0 Å². The first-order valence-corrected chi connectivity index (χ1v) is 8.91. The van der Waals surface area contributed by atoms with Crippen LogP contribution in [0.25, 0.3) is 0 Å². The molecule has 1 saturated heterocycles. The number of imidazole rings is 1. The number of methoxy groups -OCH3 is 1. The fourth-order valence-corrected chi connectivity index (χ4v) is 3.46. The summed E-state index contributed by atoms with van der Waals surface area (Å²) in [5.74, 6) is 2.84. The molecule has 2 aromatic heterocycles. The Morgan fingerprint density at radius 1 is 1.23 bits per heavy atom. The molecule has 8 nitrogen and oxygen atoms in total. The van der Waals surface area contributed by atoms with E-state index in [1.54, 1.807) is 13.4 Å². The van der Waals surface area contributed by atoms with Crippen molar-refractivity contribution < 1.29 is 4.74 Å².